The molecule has 0 aromatic heterocycles. The molecule has 0 unspecified atom stereocenters. The number of hydrogen-bond donors (Lipinski definition) is 2. The Bertz CT molecular complexity index is 493. The van der Waals surface area contributed by atoms with Crippen LogP contribution in [0.15, 0.2) is 0 Å². The van der Waals surface area contributed by atoms with Gasteiger partial charge in [-0.15, -0.1) is 0 Å². The highest BCUT2D eigenvalue weighted by Gasteiger charge is 2.33. The zero-order valence-corrected chi connectivity index (χ0v) is 17.7. The standard InChI is InChI=1S/C21H39N3O3/c1-5-21(3,4)16-7-9-17(10-8-16)22-20(27)24-13-11-18(12-14-24)23(6-2)15-19(25)26/h16-18H,5-15H2,1-4H3,(H,22,27)(H,25,26). The first-order chi connectivity index (χ1) is 12.8. The molecule has 2 N–H and O–H groups in total. The molecule has 0 bridgehead atoms. The normalized spacial score (nSPS) is 24.9. The lowest BCUT2D eigenvalue weighted by atomic mass is 9.69. The fraction of sp³-hybridized carbons (Fsp3) is 0.905. The monoisotopic (exact) mass is 381 g/mol. The minimum Gasteiger partial charge on any atom is -0.480 e. The summed E-state index contributed by atoms with van der Waals surface area (Å²) in [5, 5.41) is 12.3. The van der Waals surface area contributed by atoms with Gasteiger partial charge in [0, 0.05) is 25.2 Å². The van der Waals surface area contributed by atoms with Crippen molar-refractivity contribution in [1.82, 2.24) is 15.1 Å². The van der Waals surface area contributed by atoms with Crippen molar-refractivity contribution in [3.8, 4) is 0 Å². The smallest absolute Gasteiger partial charge is 0.317 e. The Labute approximate surface area is 164 Å². The number of nitrogens with one attached hydrogen (secondary N) is 1. The second kappa shape index (κ2) is 9.76. The second-order valence-corrected chi connectivity index (χ2v) is 9.02. The van der Waals surface area contributed by atoms with Crippen LogP contribution in [0.5, 0.6) is 0 Å². The van der Waals surface area contributed by atoms with Gasteiger partial charge in [0.2, 0.25) is 0 Å². The highest BCUT2D eigenvalue weighted by atomic mass is 16.4. The van der Waals surface area contributed by atoms with Crippen LogP contribution in [0.3, 0.4) is 0 Å². The number of urea groups is 1. The van der Waals surface area contributed by atoms with Gasteiger partial charge in [-0.2, -0.15) is 0 Å². The van der Waals surface area contributed by atoms with E-state index in [-0.39, 0.29) is 18.6 Å². The molecule has 0 atom stereocenters. The van der Waals surface area contributed by atoms with Gasteiger partial charge in [0.05, 0.1) is 6.54 Å². The Morgan fingerprint density at radius 1 is 1.07 bits per heavy atom. The molecule has 1 saturated heterocycles. The summed E-state index contributed by atoms with van der Waals surface area (Å²) < 4.78 is 0. The van der Waals surface area contributed by atoms with Gasteiger partial charge in [0.1, 0.15) is 0 Å². The number of carbonyl (C=O) groups is 2. The lowest BCUT2D eigenvalue weighted by molar-refractivity contribution is -0.139. The average molecular weight is 382 g/mol. The van der Waals surface area contributed by atoms with Gasteiger partial charge in [-0.1, -0.05) is 34.1 Å². The predicted octanol–water partition coefficient (Wildman–Crippen LogP) is 3.56. The summed E-state index contributed by atoms with van der Waals surface area (Å²) in [6.07, 6.45) is 7.48. The largest absolute Gasteiger partial charge is 0.480 e. The number of likely N-dealkylation sites (N-methyl/N-ethyl adjacent to an activating group) is 1. The number of carbonyl (C=O) groups excluding carboxylic acids is 1. The van der Waals surface area contributed by atoms with Crippen LogP contribution in [-0.2, 0) is 4.79 Å². The van der Waals surface area contributed by atoms with Gasteiger partial charge in [-0.3, -0.25) is 9.69 Å². The lowest BCUT2D eigenvalue weighted by Gasteiger charge is -2.40. The Morgan fingerprint density at radius 2 is 1.67 bits per heavy atom. The molecule has 0 spiro atoms. The maximum atomic E-state index is 12.6. The number of amides is 2. The fourth-order valence-electron chi connectivity index (χ4n) is 4.68. The van der Waals surface area contributed by atoms with Gasteiger partial charge in [-0.25, -0.2) is 4.79 Å². The van der Waals surface area contributed by atoms with Crippen LogP contribution in [0.2, 0.25) is 0 Å². The number of hydrogen-bond acceptors (Lipinski definition) is 3. The maximum absolute atomic E-state index is 12.6. The molecule has 1 aliphatic carbocycles. The van der Waals surface area contributed by atoms with Gasteiger partial charge in [0.15, 0.2) is 0 Å². The molecule has 27 heavy (non-hydrogen) atoms. The van der Waals surface area contributed by atoms with Gasteiger partial charge >= 0.3 is 12.0 Å². The number of rotatable bonds is 7. The average Bonchev–Trinajstić information content (AvgIpc) is 2.66. The van der Waals surface area contributed by atoms with Crippen LogP contribution in [0, 0.1) is 11.3 Å². The van der Waals surface area contributed by atoms with E-state index in [1.54, 1.807) is 0 Å². The van der Waals surface area contributed by atoms with E-state index in [4.69, 9.17) is 5.11 Å². The first-order valence-corrected chi connectivity index (χ1v) is 10.8. The fourth-order valence-corrected chi connectivity index (χ4v) is 4.68. The zero-order valence-electron chi connectivity index (χ0n) is 17.7. The van der Waals surface area contributed by atoms with E-state index in [0.29, 0.717) is 24.5 Å². The Kier molecular flexibility index (Phi) is 7.95. The molecule has 1 saturated carbocycles. The molecule has 6 nitrogen and oxygen atoms in total. The molecule has 0 aromatic carbocycles. The van der Waals surface area contributed by atoms with Gasteiger partial charge in [0.25, 0.3) is 0 Å². The zero-order chi connectivity index (χ0) is 20.0. The van der Waals surface area contributed by atoms with Crippen molar-refractivity contribution >= 4 is 12.0 Å². The van der Waals surface area contributed by atoms with Crippen molar-refractivity contribution in [2.75, 3.05) is 26.2 Å². The van der Waals surface area contributed by atoms with Crippen LogP contribution >= 0.6 is 0 Å². The molecule has 0 radical (unpaired) electrons. The summed E-state index contributed by atoms with van der Waals surface area (Å²) in [6, 6.07) is 0.632. The molecule has 2 rings (SSSR count). The number of carboxylic acid groups (broad SMARTS) is 1. The van der Waals surface area contributed by atoms with Crippen molar-refractivity contribution in [2.24, 2.45) is 11.3 Å². The second-order valence-electron chi connectivity index (χ2n) is 9.02. The maximum Gasteiger partial charge on any atom is 0.317 e. The van der Waals surface area contributed by atoms with E-state index in [2.05, 4.69) is 26.1 Å². The third kappa shape index (κ3) is 6.09. The van der Waals surface area contributed by atoms with Crippen LogP contribution in [0.1, 0.15) is 72.6 Å². The summed E-state index contributed by atoms with van der Waals surface area (Å²) >= 11 is 0. The third-order valence-corrected chi connectivity index (χ3v) is 7.08. The lowest BCUT2D eigenvalue weighted by Crippen LogP contribution is -2.52. The Morgan fingerprint density at radius 3 is 2.15 bits per heavy atom. The van der Waals surface area contributed by atoms with Crippen LogP contribution in [0.25, 0.3) is 0 Å². The minimum absolute atomic E-state index is 0.0629. The minimum atomic E-state index is -0.779. The third-order valence-electron chi connectivity index (χ3n) is 7.08. The van der Waals surface area contributed by atoms with Crippen molar-refractivity contribution in [3.05, 3.63) is 0 Å². The van der Waals surface area contributed by atoms with E-state index < -0.39 is 5.97 Å². The topological polar surface area (TPSA) is 72.9 Å². The van der Waals surface area contributed by atoms with E-state index in [1.807, 2.05) is 16.7 Å². The van der Waals surface area contributed by atoms with Gasteiger partial charge in [-0.05, 0) is 56.4 Å². The quantitative estimate of drug-likeness (QED) is 0.707. The van der Waals surface area contributed by atoms with E-state index >= 15 is 0 Å². The number of carboxylic acids is 1. The number of piperidine rings is 1. The molecule has 2 amide bonds. The van der Waals surface area contributed by atoms with Crippen LogP contribution in [-0.4, -0.2) is 65.2 Å². The molecule has 1 aliphatic heterocycles. The van der Waals surface area contributed by atoms with Crippen molar-refractivity contribution in [2.45, 2.75) is 84.7 Å². The number of likely N-dealkylation sites (tertiary alicyclic amines) is 1. The summed E-state index contributed by atoms with van der Waals surface area (Å²) in [7, 11) is 0. The predicted molar refractivity (Wildman–Crippen MR) is 108 cm³/mol. The molecule has 1 heterocycles. The van der Waals surface area contributed by atoms with Crippen molar-refractivity contribution in [3.63, 3.8) is 0 Å². The Hall–Kier alpha value is -1.30. The van der Waals surface area contributed by atoms with Crippen LogP contribution in [0.4, 0.5) is 4.79 Å². The first-order valence-electron chi connectivity index (χ1n) is 10.8. The van der Waals surface area contributed by atoms with Crippen molar-refractivity contribution < 1.29 is 14.7 Å². The molecule has 0 aromatic rings. The molecule has 2 fully saturated rings. The number of aliphatic carboxylic acids is 1. The van der Waals surface area contributed by atoms with Gasteiger partial charge < -0.3 is 15.3 Å². The molecule has 2 aliphatic rings. The first kappa shape index (κ1) is 22.0. The highest BCUT2D eigenvalue weighted by Crippen LogP contribution is 2.40. The summed E-state index contributed by atoms with van der Waals surface area (Å²) in [5.41, 5.74) is 0.401. The molecule has 156 valence electrons. The summed E-state index contributed by atoms with van der Waals surface area (Å²) in [4.78, 5) is 27.5. The SMILES string of the molecule is CCN(CC(=O)O)C1CCN(C(=O)NC2CCC(C(C)(C)CC)CC2)CC1. The summed E-state index contributed by atoms with van der Waals surface area (Å²) in [6.45, 7) is 11.3. The van der Waals surface area contributed by atoms with E-state index in [0.717, 1.165) is 38.1 Å². The molecular formula is C21H39N3O3. The van der Waals surface area contributed by atoms with E-state index in [1.165, 1.54) is 19.3 Å². The highest BCUT2D eigenvalue weighted by molar-refractivity contribution is 5.74. The Balaban J connectivity index is 1.74. The van der Waals surface area contributed by atoms with E-state index in [9.17, 15) is 9.59 Å². The molecular weight excluding hydrogens is 342 g/mol. The van der Waals surface area contributed by atoms with Crippen LogP contribution < -0.4 is 5.32 Å². The summed E-state index contributed by atoms with van der Waals surface area (Å²) in [5.74, 6) is -0.0143. The van der Waals surface area contributed by atoms with Crippen molar-refractivity contribution in [1.29, 1.82) is 0 Å². The number of nitrogens with zero attached hydrogens (tertiary/aromatic N) is 2. The molecule has 6 heteroatoms.